The fourth-order valence-electron chi connectivity index (χ4n) is 2.32. The molecule has 0 atom stereocenters. The molecule has 21 heavy (non-hydrogen) atoms. The molecule has 0 saturated heterocycles. The van der Waals surface area contributed by atoms with E-state index >= 15 is 0 Å². The predicted octanol–water partition coefficient (Wildman–Crippen LogP) is 2.50. The van der Waals surface area contributed by atoms with Gasteiger partial charge < -0.3 is 9.72 Å². The van der Waals surface area contributed by atoms with E-state index in [1.54, 1.807) is 32.2 Å². The van der Waals surface area contributed by atoms with Gasteiger partial charge in [-0.15, -0.1) is 0 Å². The van der Waals surface area contributed by atoms with Crippen molar-refractivity contribution in [3.8, 4) is 23.1 Å². The van der Waals surface area contributed by atoms with Crippen molar-refractivity contribution in [1.29, 1.82) is 5.26 Å². The average Bonchev–Trinajstić information content (AvgIpc) is 3.34. The summed E-state index contributed by atoms with van der Waals surface area (Å²) in [5, 5.41) is 9.07. The molecule has 1 fully saturated rings. The van der Waals surface area contributed by atoms with Crippen LogP contribution in [0.2, 0.25) is 0 Å². The predicted molar refractivity (Wildman–Crippen MR) is 78.3 cm³/mol. The smallest absolute Gasteiger partial charge is 0.254 e. The van der Waals surface area contributed by atoms with Gasteiger partial charge >= 0.3 is 0 Å². The van der Waals surface area contributed by atoms with Gasteiger partial charge in [-0.3, -0.25) is 4.79 Å². The van der Waals surface area contributed by atoms with E-state index < -0.39 is 0 Å². The quantitative estimate of drug-likeness (QED) is 0.937. The number of ether oxygens (including phenoxy) is 1. The topological polar surface area (TPSA) is 78.8 Å². The summed E-state index contributed by atoms with van der Waals surface area (Å²) in [7, 11) is 1.56. The second kappa shape index (κ2) is 5.06. The van der Waals surface area contributed by atoms with Gasteiger partial charge in [0.1, 0.15) is 11.6 Å². The standard InChI is InChI=1S/C16H15N3O2/c1-9-14(18-15(11-4-5-11)19-16(9)20)12-7-10(8-17)3-6-13(12)21-2/h3,6-7,11H,4-5H2,1-2H3,(H,18,19,20). The van der Waals surface area contributed by atoms with E-state index in [2.05, 4.69) is 16.0 Å². The van der Waals surface area contributed by atoms with Crippen LogP contribution in [0.5, 0.6) is 5.75 Å². The fourth-order valence-corrected chi connectivity index (χ4v) is 2.32. The lowest BCUT2D eigenvalue weighted by atomic mass is 10.0. The number of aromatic amines is 1. The number of benzene rings is 1. The lowest BCUT2D eigenvalue weighted by molar-refractivity contribution is 0.416. The normalized spacial score (nSPS) is 13.8. The molecule has 0 spiro atoms. The minimum absolute atomic E-state index is 0.133. The summed E-state index contributed by atoms with van der Waals surface area (Å²) in [6.45, 7) is 1.73. The molecule has 1 aliphatic carbocycles. The van der Waals surface area contributed by atoms with Crippen molar-refractivity contribution < 1.29 is 4.74 Å². The highest BCUT2D eigenvalue weighted by molar-refractivity contribution is 5.71. The molecule has 0 radical (unpaired) electrons. The van der Waals surface area contributed by atoms with Crippen molar-refractivity contribution in [3.63, 3.8) is 0 Å². The zero-order valence-corrected chi connectivity index (χ0v) is 11.9. The molecule has 2 aromatic rings. The summed E-state index contributed by atoms with van der Waals surface area (Å²) in [5.41, 5.74) is 2.19. The average molecular weight is 281 g/mol. The zero-order valence-electron chi connectivity index (χ0n) is 11.9. The van der Waals surface area contributed by atoms with Crippen molar-refractivity contribution >= 4 is 0 Å². The maximum absolute atomic E-state index is 12.1. The van der Waals surface area contributed by atoms with Crippen LogP contribution in [-0.2, 0) is 0 Å². The van der Waals surface area contributed by atoms with Gasteiger partial charge in [0.25, 0.3) is 5.56 Å². The van der Waals surface area contributed by atoms with Crippen LogP contribution in [0.4, 0.5) is 0 Å². The molecular weight excluding hydrogens is 266 g/mol. The van der Waals surface area contributed by atoms with Gasteiger partial charge in [0, 0.05) is 17.0 Å². The minimum Gasteiger partial charge on any atom is -0.496 e. The van der Waals surface area contributed by atoms with Crippen LogP contribution in [-0.4, -0.2) is 17.1 Å². The van der Waals surface area contributed by atoms with Gasteiger partial charge in [0.2, 0.25) is 0 Å². The first-order valence-electron chi connectivity index (χ1n) is 6.83. The maximum Gasteiger partial charge on any atom is 0.254 e. The minimum atomic E-state index is -0.133. The van der Waals surface area contributed by atoms with Gasteiger partial charge in [-0.2, -0.15) is 5.26 Å². The Kier molecular flexibility index (Phi) is 3.22. The molecule has 1 aromatic heterocycles. The highest BCUT2D eigenvalue weighted by atomic mass is 16.5. The molecule has 1 aliphatic rings. The van der Waals surface area contributed by atoms with Gasteiger partial charge in [0.05, 0.1) is 24.4 Å². The van der Waals surface area contributed by atoms with Crippen molar-refractivity contribution in [2.75, 3.05) is 7.11 Å². The summed E-state index contributed by atoms with van der Waals surface area (Å²) >= 11 is 0. The molecule has 5 heteroatoms. The summed E-state index contributed by atoms with van der Waals surface area (Å²) in [5.74, 6) is 1.68. The van der Waals surface area contributed by atoms with Gasteiger partial charge in [-0.05, 0) is 38.0 Å². The van der Waals surface area contributed by atoms with E-state index in [0.29, 0.717) is 34.1 Å². The van der Waals surface area contributed by atoms with Crippen molar-refractivity contribution in [2.24, 2.45) is 0 Å². The lowest BCUT2D eigenvalue weighted by Crippen LogP contribution is -2.16. The van der Waals surface area contributed by atoms with E-state index in [0.717, 1.165) is 18.7 Å². The maximum atomic E-state index is 12.1. The van der Waals surface area contributed by atoms with Crippen LogP contribution in [0, 0.1) is 18.3 Å². The Hall–Kier alpha value is -2.61. The Balaban J connectivity index is 2.24. The third kappa shape index (κ3) is 2.40. The first-order chi connectivity index (χ1) is 10.1. The summed E-state index contributed by atoms with van der Waals surface area (Å²) < 4.78 is 5.35. The third-order valence-corrected chi connectivity index (χ3v) is 3.72. The Morgan fingerprint density at radius 2 is 2.19 bits per heavy atom. The van der Waals surface area contributed by atoms with E-state index in [4.69, 9.17) is 10.00 Å². The Morgan fingerprint density at radius 3 is 2.81 bits per heavy atom. The SMILES string of the molecule is COc1ccc(C#N)cc1-c1nc(C2CC2)[nH]c(=O)c1C. The van der Waals surface area contributed by atoms with E-state index in [9.17, 15) is 4.79 Å². The number of aromatic nitrogens is 2. The Bertz CT molecular complexity index is 798. The van der Waals surface area contributed by atoms with Crippen LogP contribution >= 0.6 is 0 Å². The number of nitriles is 1. The largest absolute Gasteiger partial charge is 0.496 e. The molecule has 0 bridgehead atoms. The molecule has 1 aromatic carbocycles. The number of nitrogens with one attached hydrogen (secondary N) is 1. The highest BCUT2D eigenvalue weighted by Crippen LogP contribution is 2.39. The van der Waals surface area contributed by atoms with Gasteiger partial charge in [0.15, 0.2) is 0 Å². The molecule has 1 heterocycles. The summed E-state index contributed by atoms with van der Waals surface area (Å²) in [6, 6.07) is 7.23. The molecule has 1 N–H and O–H groups in total. The molecule has 0 amide bonds. The first-order valence-corrected chi connectivity index (χ1v) is 6.83. The van der Waals surface area contributed by atoms with Crippen LogP contribution < -0.4 is 10.3 Å². The molecule has 3 rings (SSSR count). The van der Waals surface area contributed by atoms with Crippen LogP contribution in [0.3, 0.4) is 0 Å². The summed E-state index contributed by atoms with van der Waals surface area (Å²) in [6.07, 6.45) is 2.11. The summed E-state index contributed by atoms with van der Waals surface area (Å²) in [4.78, 5) is 19.6. The molecular formula is C16H15N3O2. The third-order valence-electron chi connectivity index (χ3n) is 3.72. The second-order valence-corrected chi connectivity index (χ2v) is 5.23. The number of hydrogen-bond acceptors (Lipinski definition) is 4. The highest BCUT2D eigenvalue weighted by Gasteiger charge is 2.27. The van der Waals surface area contributed by atoms with Crippen molar-refractivity contribution in [1.82, 2.24) is 9.97 Å². The first kappa shape index (κ1) is 13.4. The monoisotopic (exact) mass is 281 g/mol. The van der Waals surface area contributed by atoms with Crippen LogP contribution in [0.15, 0.2) is 23.0 Å². The van der Waals surface area contributed by atoms with Crippen molar-refractivity contribution in [2.45, 2.75) is 25.7 Å². The van der Waals surface area contributed by atoms with Crippen LogP contribution in [0.1, 0.15) is 35.7 Å². The van der Waals surface area contributed by atoms with Crippen molar-refractivity contribution in [3.05, 3.63) is 45.5 Å². The van der Waals surface area contributed by atoms with Gasteiger partial charge in [-0.25, -0.2) is 4.98 Å². The Labute approximate surface area is 122 Å². The second-order valence-electron chi connectivity index (χ2n) is 5.23. The number of rotatable bonds is 3. The molecule has 1 saturated carbocycles. The molecule has 106 valence electrons. The number of hydrogen-bond donors (Lipinski definition) is 1. The zero-order chi connectivity index (χ0) is 15.0. The van der Waals surface area contributed by atoms with Gasteiger partial charge in [-0.1, -0.05) is 0 Å². The fraction of sp³-hybridized carbons (Fsp3) is 0.312. The number of nitrogens with zero attached hydrogens (tertiary/aromatic N) is 2. The van der Waals surface area contributed by atoms with Crippen LogP contribution in [0.25, 0.3) is 11.3 Å². The molecule has 0 aliphatic heterocycles. The molecule has 0 unspecified atom stereocenters. The van der Waals surface area contributed by atoms with E-state index in [1.165, 1.54) is 0 Å². The van der Waals surface area contributed by atoms with E-state index in [-0.39, 0.29) is 5.56 Å². The number of H-pyrrole nitrogens is 1. The van der Waals surface area contributed by atoms with E-state index in [1.807, 2.05) is 0 Å². The Morgan fingerprint density at radius 1 is 1.43 bits per heavy atom. The lowest BCUT2D eigenvalue weighted by Gasteiger charge is -2.11. The molecule has 5 nitrogen and oxygen atoms in total. The number of methoxy groups -OCH3 is 1.